The van der Waals surface area contributed by atoms with Crippen LogP contribution >= 0.6 is 11.6 Å². The number of carbonyl (C=O) groups is 4. The van der Waals surface area contributed by atoms with E-state index >= 15 is 0 Å². The predicted octanol–water partition coefficient (Wildman–Crippen LogP) is 3.29. The number of nitrogens with zero attached hydrogens (tertiary/aromatic N) is 1. The third kappa shape index (κ3) is 4.63. The van der Waals surface area contributed by atoms with Crippen LogP contribution < -0.4 is 5.32 Å². The molecule has 0 aliphatic carbocycles. The van der Waals surface area contributed by atoms with E-state index in [1.165, 1.54) is 6.92 Å². The standard InChI is InChI=1S/C21H19ClN2O5/c1-13(19(26)23-17-10-5-4-9-16(17)22)29-18(25)11-6-12-24-20(27)14-7-2-3-8-15(14)21(24)28/h2-5,7-10,13H,6,11-12H2,1H3,(H,23,26)/t13-/m1/s1. The molecule has 0 saturated heterocycles. The number of carbonyl (C=O) groups excluding carboxylic acids is 4. The molecule has 29 heavy (non-hydrogen) atoms. The first-order chi connectivity index (χ1) is 13.9. The van der Waals surface area contributed by atoms with Gasteiger partial charge in [-0.05, 0) is 37.6 Å². The zero-order chi connectivity index (χ0) is 21.0. The van der Waals surface area contributed by atoms with Gasteiger partial charge in [0.15, 0.2) is 6.10 Å². The van der Waals surface area contributed by atoms with Crippen molar-refractivity contribution in [2.24, 2.45) is 0 Å². The fraction of sp³-hybridized carbons (Fsp3) is 0.238. The molecule has 0 spiro atoms. The number of halogens is 1. The van der Waals surface area contributed by atoms with Gasteiger partial charge in [0.1, 0.15) is 0 Å². The van der Waals surface area contributed by atoms with E-state index in [0.717, 1.165) is 4.90 Å². The van der Waals surface area contributed by atoms with Crippen molar-refractivity contribution >= 4 is 41.0 Å². The van der Waals surface area contributed by atoms with E-state index in [2.05, 4.69) is 5.32 Å². The van der Waals surface area contributed by atoms with E-state index in [0.29, 0.717) is 21.8 Å². The lowest BCUT2D eigenvalue weighted by Crippen LogP contribution is -2.32. The molecule has 1 atom stereocenters. The third-order valence-corrected chi connectivity index (χ3v) is 4.78. The van der Waals surface area contributed by atoms with Gasteiger partial charge in [-0.2, -0.15) is 0 Å². The molecule has 8 heteroatoms. The summed E-state index contributed by atoms with van der Waals surface area (Å²) in [5, 5.41) is 2.97. The van der Waals surface area contributed by atoms with Crippen LogP contribution in [-0.4, -0.2) is 41.2 Å². The topological polar surface area (TPSA) is 92.8 Å². The Hall–Kier alpha value is -3.19. The van der Waals surface area contributed by atoms with Crippen molar-refractivity contribution in [1.82, 2.24) is 4.90 Å². The third-order valence-electron chi connectivity index (χ3n) is 4.45. The Balaban J connectivity index is 1.45. The second kappa shape index (κ2) is 8.87. The Kier molecular flexibility index (Phi) is 6.29. The highest BCUT2D eigenvalue weighted by atomic mass is 35.5. The minimum Gasteiger partial charge on any atom is -0.453 e. The molecule has 0 unspecified atom stereocenters. The zero-order valence-electron chi connectivity index (χ0n) is 15.7. The Morgan fingerprint density at radius 3 is 2.24 bits per heavy atom. The summed E-state index contributed by atoms with van der Waals surface area (Å²) in [4.78, 5) is 49.8. The van der Waals surface area contributed by atoms with E-state index in [-0.39, 0.29) is 31.2 Å². The van der Waals surface area contributed by atoms with Crippen LogP contribution in [0.2, 0.25) is 5.02 Å². The smallest absolute Gasteiger partial charge is 0.306 e. The first kappa shape index (κ1) is 20.5. The number of hydrogen-bond donors (Lipinski definition) is 1. The number of nitrogens with one attached hydrogen (secondary N) is 1. The van der Waals surface area contributed by atoms with Gasteiger partial charge in [-0.1, -0.05) is 35.9 Å². The van der Waals surface area contributed by atoms with E-state index in [1.807, 2.05) is 0 Å². The largest absolute Gasteiger partial charge is 0.453 e. The number of esters is 1. The van der Waals surface area contributed by atoms with Crippen LogP contribution in [0, 0.1) is 0 Å². The Bertz CT molecular complexity index is 940. The molecule has 0 fully saturated rings. The molecule has 2 aromatic rings. The second-order valence-electron chi connectivity index (χ2n) is 6.51. The van der Waals surface area contributed by atoms with Gasteiger partial charge in [-0.3, -0.25) is 24.1 Å². The van der Waals surface area contributed by atoms with Gasteiger partial charge >= 0.3 is 5.97 Å². The number of para-hydroxylation sites is 1. The lowest BCUT2D eigenvalue weighted by Gasteiger charge is -2.15. The molecule has 7 nitrogen and oxygen atoms in total. The quantitative estimate of drug-likeness (QED) is 0.554. The van der Waals surface area contributed by atoms with E-state index in [1.54, 1.807) is 48.5 Å². The van der Waals surface area contributed by atoms with E-state index in [4.69, 9.17) is 16.3 Å². The first-order valence-corrected chi connectivity index (χ1v) is 9.46. The van der Waals surface area contributed by atoms with Crippen molar-refractivity contribution < 1.29 is 23.9 Å². The van der Waals surface area contributed by atoms with Crippen molar-refractivity contribution in [3.63, 3.8) is 0 Å². The highest BCUT2D eigenvalue weighted by Crippen LogP contribution is 2.23. The van der Waals surface area contributed by atoms with Gasteiger partial charge in [0, 0.05) is 13.0 Å². The van der Waals surface area contributed by atoms with Crippen LogP contribution in [0.25, 0.3) is 0 Å². The van der Waals surface area contributed by atoms with Crippen LogP contribution in [0.15, 0.2) is 48.5 Å². The summed E-state index contributed by atoms with van der Waals surface area (Å²) in [5.41, 5.74) is 1.16. The Labute approximate surface area is 172 Å². The predicted molar refractivity (Wildman–Crippen MR) is 107 cm³/mol. The molecule has 1 aliphatic rings. The minimum absolute atomic E-state index is 0.0306. The normalized spacial score (nSPS) is 13.8. The second-order valence-corrected chi connectivity index (χ2v) is 6.92. The number of hydrogen-bond acceptors (Lipinski definition) is 5. The minimum atomic E-state index is -1.02. The van der Waals surface area contributed by atoms with Crippen molar-refractivity contribution in [2.45, 2.75) is 25.9 Å². The van der Waals surface area contributed by atoms with Crippen LogP contribution in [0.4, 0.5) is 5.69 Å². The van der Waals surface area contributed by atoms with Gasteiger partial charge in [0.2, 0.25) is 0 Å². The number of benzene rings is 2. The maximum atomic E-state index is 12.3. The molecule has 0 aromatic heterocycles. The van der Waals surface area contributed by atoms with Gasteiger partial charge < -0.3 is 10.1 Å². The molecule has 3 amide bonds. The number of anilines is 1. The van der Waals surface area contributed by atoms with E-state index < -0.39 is 18.0 Å². The van der Waals surface area contributed by atoms with Crippen LogP contribution in [0.5, 0.6) is 0 Å². The first-order valence-electron chi connectivity index (χ1n) is 9.08. The Morgan fingerprint density at radius 1 is 1.03 bits per heavy atom. The molecule has 0 radical (unpaired) electrons. The molecular weight excluding hydrogens is 396 g/mol. The average molecular weight is 415 g/mol. The molecule has 3 rings (SSSR count). The molecule has 1 aliphatic heterocycles. The fourth-order valence-electron chi connectivity index (χ4n) is 2.93. The number of ether oxygens (including phenoxy) is 1. The van der Waals surface area contributed by atoms with Crippen LogP contribution in [0.1, 0.15) is 40.5 Å². The number of imide groups is 1. The highest BCUT2D eigenvalue weighted by molar-refractivity contribution is 6.33. The monoisotopic (exact) mass is 414 g/mol. The molecule has 1 heterocycles. The van der Waals surface area contributed by atoms with Crippen molar-refractivity contribution in [2.75, 3.05) is 11.9 Å². The Morgan fingerprint density at radius 2 is 1.62 bits per heavy atom. The summed E-state index contributed by atoms with van der Waals surface area (Å²) in [5.74, 6) is -1.84. The lowest BCUT2D eigenvalue weighted by atomic mass is 10.1. The van der Waals surface area contributed by atoms with Crippen LogP contribution in [0.3, 0.4) is 0 Å². The summed E-state index contributed by atoms with van der Waals surface area (Å²) < 4.78 is 5.12. The SMILES string of the molecule is C[C@@H](OC(=O)CCCN1C(=O)c2ccccc2C1=O)C(=O)Nc1ccccc1Cl. The molecule has 1 N–H and O–H groups in total. The summed E-state index contributed by atoms with van der Waals surface area (Å²) in [7, 11) is 0. The molecule has 0 saturated carbocycles. The maximum absolute atomic E-state index is 12.3. The van der Waals surface area contributed by atoms with Crippen LogP contribution in [-0.2, 0) is 14.3 Å². The van der Waals surface area contributed by atoms with Gasteiger partial charge in [0.05, 0.1) is 21.8 Å². The summed E-state index contributed by atoms with van der Waals surface area (Å²) in [6, 6.07) is 13.3. The average Bonchev–Trinajstić information content (AvgIpc) is 2.94. The number of rotatable bonds is 7. The summed E-state index contributed by atoms with van der Waals surface area (Å²) in [6.07, 6.45) is -0.807. The lowest BCUT2D eigenvalue weighted by molar-refractivity contribution is -0.153. The molecular formula is C21H19ClN2O5. The maximum Gasteiger partial charge on any atom is 0.306 e. The molecule has 150 valence electrons. The number of fused-ring (bicyclic) bond motifs is 1. The molecule has 0 bridgehead atoms. The van der Waals surface area contributed by atoms with Gasteiger partial charge in [-0.25, -0.2) is 0 Å². The molecule has 2 aromatic carbocycles. The summed E-state index contributed by atoms with van der Waals surface area (Å²) in [6.45, 7) is 1.55. The van der Waals surface area contributed by atoms with E-state index in [9.17, 15) is 19.2 Å². The van der Waals surface area contributed by atoms with Crippen molar-refractivity contribution in [3.8, 4) is 0 Å². The highest BCUT2D eigenvalue weighted by Gasteiger charge is 2.34. The van der Waals surface area contributed by atoms with Gasteiger partial charge in [0.25, 0.3) is 17.7 Å². The fourth-order valence-corrected chi connectivity index (χ4v) is 3.11. The van der Waals surface area contributed by atoms with Gasteiger partial charge in [-0.15, -0.1) is 0 Å². The van der Waals surface area contributed by atoms with Crippen molar-refractivity contribution in [1.29, 1.82) is 0 Å². The summed E-state index contributed by atoms with van der Waals surface area (Å²) >= 11 is 5.98. The number of amides is 3. The van der Waals surface area contributed by atoms with Crippen molar-refractivity contribution in [3.05, 3.63) is 64.7 Å². The zero-order valence-corrected chi connectivity index (χ0v) is 16.4.